The Morgan fingerprint density at radius 3 is 2.32 bits per heavy atom. The van der Waals surface area contributed by atoms with Gasteiger partial charge in [-0.15, -0.1) is 0 Å². The molecule has 44 heavy (non-hydrogen) atoms. The minimum atomic E-state index is -2.03. The topological polar surface area (TPSA) is 154 Å². The number of phenols is 1. The Morgan fingerprint density at radius 2 is 1.68 bits per heavy atom. The average molecular weight is 624 g/mol. The molecule has 1 saturated heterocycles. The van der Waals surface area contributed by atoms with Crippen LogP contribution in [0.4, 0.5) is 17.6 Å². The molecule has 238 valence electrons. The van der Waals surface area contributed by atoms with Crippen molar-refractivity contribution in [2.75, 3.05) is 0 Å². The number of ether oxygens (including phenoxy) is 1. The first-order valence-electron chi connectivity index (χ1n) is 14.2. The minimum Gasteiger partial charge on any atom is -0.507 e. The van der Waals surface area contributed by atoms with Crippen molar-refractivity contribution in [3.63, 3.8) is 0 Å². The number of amides is 3. The molecule has 2 fully saturated rings. The number of aryl methyl sites for hydroxylation is 1. The average Bonchev–Trinajstić information content (AvgIpc) is 2.96. The van der Waals surface area contributed by atoms with Gasteiger partial charge in [-0.25, -0.2) is 22.4 Å². The number of para-hydroxylation sites is 1. The van der Waals surface area contributed by atoms with Crippen molar-refractivity contribution < 1.29 is 51.7 Å². The van der Waals surface area contributed by atoms with E-state index in [2.05, 4.69) is 16.0 Å². The third-order valence-electron chi connectivity index (χ3n) is 8.23. The highest BCUT2D eigenvalue weighted by molar-refractivity contribution is 6.00. The summed E-state index contributed by atoms with van der Waals surface area (Å²) in [5.41, 5.74) is -0.770. The largest absolute Gasteiger partial charge is 0.507 e. The van der Waals surface area contributed by atoms with Crippen LogP contribution in [0.2, 0.25) is 0 Å². The van der Waals surface area contributed by atoms with Gasteiger partial charge in [0.15, 0.2) is 23.3 Å². The number of carbonyl (C=O) groups excluding carboxylic acids is 4. The molecule has 4 rings (SSSR count). The molecule has 5 N–H and O–H groups in total. The number of hydrogen-bond donors (Lipinski definition) is 5. The van der Waals surface area contributed by atoms with Crippen molar-refractivity contribution in [3.8, 4) is 5.75 Å². The highest BCUT2D eigenvalue weighted by Gasteiger charge is 2.42. The zero-order chi connectivity index (χ0) is 32.3. The van der Waals surface area contributed by atoms with Crippen LogP contribution in [-0.4, -0.2) is 64.2 Å². The Morgan fingerprint density at radius 1 is 1.00 bits per heavy atom. The Kier molecular flexibility index (Phi) is 10.1. The van der Waals surface area contributed by atoms with E-state index in [1.54, 1.807) is 0 Å². The summed E-state index contributed by atoms with van der Waals surface area (Å²) in [7, 11) is 0. The molecule has 0 radical (unpaired) electrons. The number of aliphatic hydroxyl groups excluding tert-OH is 1. The van der Waals surface area contributed by atoms with Crippen LogP contribution in [0.3, 0.4) is 0 Å². The number of cyclic esters (lactones) is 1. The molecule has 2 aromatic rings. The Bertz CT molecular complexity index is 1440. The normalized spacial score (nSPS) is 26.8. The van der Waals surface area contributed by atoms with E-state index >= 15 is 0 Å². The predicted molar refractivity (Wildman–Crippen MR) is 146 cm³/mol. The lowest BCUT2D eigenvalue weighted by Gasteiger charge is -2.37. The van der Waals surface area contributed by atoms with Gasteiger partial charge < -0.3 is 30.9 Å². The number of phenolic OH excluding ortho intramolecular Hbond substituents is 1. The van der Waals surface area contributed by atoms with Gasteiger partial charge in [-0.2, -0.15) is 0 Å². The molecule has 2 aliphatic rings. The monoisotopic (exact) mass is 623 g/mol. The van der Waals surface area contributed by atoms with E-state index in [1.807, 2.05) is 0 Å². The lowest BCUT2D eigenvalue weighted by Crippen LogP contribution is -2.61. The molecular weight excluding hydrogens is 590 g/mol. The number of hydrogen-bond acceptors (Lipinski definition) is 7. The number of halogens is 4. The molecular formula is C30H33F4N3O7. The maximum atomic E-state index is 14.4. The van der Waals surface area contributed by atoms with E-state index in [9.17, 15) is 47.0 Å². The molecule has 6 atom stereocenters. The summed E-state index contributed by atoms with van der Waals surface area (Å²) in [6.45, 7) is 2.65. The fraction of sp³-hybridized carbons (Fsp3) is 0.467. The number of benzene rings is 2. The molecule has 0 aromatic heterocycles. The van der Waals surface area contributed by atoms with Crippen molar-refractivity contribution in [3.05, 3.63) is 64.7 Å². The van der Waals surface area contributed by atoms with Crippen LogP contribution >= 0.6 is 0 Å². The predicted octanol–water partition coefficient (Wildman–Crippen LogP) is 2.39. The van der Waals surface area contributed by atoms with E-state index in [1.165, 1.54) is 38.1 Å². The first-order valence-corrected chi connectivity index (χ1v) is 14.2. The third-order valence-corrected chi connectivity index (χ3v) is 8.23. The number of aromatic hydroxyl groups is 1. The first-order chi connectivity index (χ1) is 20.8. The maximum Gasteiger partial charge on any atom is 0.329 e. The van der Waals surface area contributed by atoms with Crippen molar-refractivity contribution in [1.82, 2.24) is 16.0 Å². The van der Waals surface area contributed by atoms with Crippen LogP contribution in [0.15, 0.2) is 30.3 Å². The lowest BCUT2D eigenvalue weighted by molar-refractivity contribution is -0.158. The first kappa shape index (κ1) is 32.7. The number of esters is 1. The second kappa shape index (κ2) is 13.6. The van der Waals surface area contributed by atoms with Gasteiger partial charge in [0, 0.05) is 0 Å². The summed E-state index contributed by atoms with van der Waals surface area (Å²) in [4.78, 5) is 53.0. The van der Waals surface area contributed by atoms with Gasteiger partial charge in [0.05, 0.1) is 23.6 Å². The van der Waals surface area contributed by atoms with Gasteiger partial charge in [-0.1, -0.05) is 25.5 Å². The molecule has 0 bridgehead atoms. The number of nitrogens with one attached hydrogen (secondary N) is 3. The molecule has 1 saturated carbocycles. The summed E-state index contributed by atoms with van der Waals surface area (Å²) in [6, 6.07) is 1.87. The number of rotatable bonds is 6. The van der Waals surface area contributed by atoms with Crippen LogP contribution < -0.4 is 16.0 Å². The lowest BCUT2D eigenvalue weighted by atomic mass is 9.79. The van der Waals surface area contributed by atoms with Crippen LogP contribution in [0.5, 0.6) is 5.75 Å². The van der Waals surface area contributed by atoms with Crippen LogP contribution in [0, 0.1) is 35.1 Å². The second-order valence-electron chi connectivity index (χ2n) is 11.2. The highest BCUT2D eigenvalue weighted by atomic mass is 19.2. The fourth-order valence-electron chi connectivity index (χ4n) is 5.25. The molecule has 1 heterocycles. The van der Waals surface area contributed by atoms with E-state index in [4.69, 9.17) is 4.74 Å². The molecule has 2 unspecified atom stereocenters. The molecule has 0 spiro atoms. The van der Waals surface area contributed by atoms with Crippen LogP contribution in [0.25, 0.3) is 0 Å². The molecule has 10 nitrogen and oxygen atoms in total. The molecule has 14 heteroatoms. The molecule has 2 aromatic carbocycles. The molecule has 3 amide bonds. The molecule has 1 aliphatic carbocycles. The zero-order valence-electron chi connectivity index (χ0n) is 23.9. The maximum absolute atomic E-state index is 14.4. The van der Waals surface area contributed by atoms with Crippen molar-refractivity contribution in [2.24, 2.45) is 11.8 Å². The van der Waals surface area contributed by atoms with Gasteiger partial charge in [0.2, 0.25) is 11.8 Å². The Balaban J connectivity index is 1.67. The summed E-state index contributed by atoms with van der Waals surface area (Å²) in [6.07, 6.45) is -1.85. The van der Waals surface area contributed by atoms with E-state index in [0.29, 0.717) is 18.9 Å². The third kappa shape index (κ3) is 6.95. The van der Waals surface area contributed by atoms with Crippen molar-refractivity contribution in [1.29, 1.82) is 0 Å². The Hall–Kier alpha value is -4.20. The second-order valence-corrected chi connectivity index (χ2v) is 11.2. The summed E-state index contributed by atoms with van der Waals surface area (Å²) in [5.74, 6) is -12.7. The number of carbonyl (C=O) groups is 4. The van der Waals surface area contributed by atoms with Gasteiger partial charge in [-0.3, -0.25) is 14.4 Å². The summed E-state index contributed by atoms with van der Waals surface area (Å²) in [5, 5.41) is 28.8. The quantitative estimate of drug-likeness (QED) is 0.143. The van der Waals surface area contributed by atoms with Gasteiger partial charge in [0.1, 0.15) is 23.9 Å². The van der Waals surface area contributed by atoms with Crippen LogP contribution in [0.1, 0.15) is 55.5 Å². The smallest absolute Gasteiger partial charge is 0.329 e. The summed E-state index contributed by atoms with van der Waals surface area (Å²) < 4.78 is 61.1. The zero-order valence-corrected chi connectivity index (χ0v) is 23.9. The summed E-state index contributed by atoms with van der Waals surface area (Å²) >= 11 is 0. The van der Waals surface area contributed by atoms with Crippen molar-refractivity contribution in [2.45, 2.75) is 76.3 Å². The van der Waals surface area contributed by atoms with E-state index in [-0.39, 0.29) is 23.7 Å². The van der Waals surface area contributed by atoms with E-state index < -0.39 is 95.2 Å². The molecule has 1 aliphatic heterocycles. The van der Waals surface area contributed by atoms with Crippen molar-refractivity contribution >= 4 is 23.7 Å². The minimum absolute atomic E-state index is 0.189. The van der Waals surface area contributed by atoms with Gasteiger partial charge >= 0.3 is 5.97 Å². The highest BCUT2D eigenvalue weighted by Crippen LogP contribution is 2.31. The van der Waals surface area contributed by atoms with Gasteiger partial charge in [0.25, 0.3) is 5.91 Å². The Labute approximate surface area is 250 Å². The van der Waals surface area contributed by atoms with Gasteiger partial charge in [-0.05, 0) is 62.3 Å². The van der Waals surface area contributed by atoms with E-state index in [0.717, 1.165) is 6.42 Å². The fourth-order valence-corrected chi connectivity index (χ4v) is 5.25. The van der Waals surface area contributed by atoms with Crippen LogP contribution in [-0.2, 0) is 25.5 Å². The SMILES string of the molecule is C[C@H]1OC(=O)C(C2CCC2)NC(=O)[C@H](C)[C@H](O)C(CCc2cc(F)c(F)c(F)c2F)NC(=O)[C@H]1NC(=O)c1ccccc1O. The standard InChI is InChI=1S/C30H33F4N3O7/c1-13-26(39)19(11-10-16-12-18(31)22(33)23(34)21(16)32)35-29(42)24(36-28(41)17-8-3-4-9-20(17)38)14(2)44-30(43)25(37-27(13)40)15-6-5-7-15/h3-4,8-9,12-15,19,24-26,38-39H,5-7,10-11H2,1-2H3,(H,35,42)(H,36,41)(H,37,40)/t13-,14-,19?,24+,25?,26+/m1/s1. The number of aliphatic hydroxyl groups is 1.